The number of hydrogen-bond acceptors (Lipinski definition) is 1. The fourth-order valence-electron chi connectivity index (χ4n) is 1.57. The summed E-state index contributed by atoms with van der Waals surface area (Å²) >= 11 is 0. The van der Waals surface area contributed by atoms with Gasteiger partial charge in [-0.05, 0) is 16.3 Å². The monoisotopic (exact) mass is 188 g/mol. The van der Waals surface area contributed by atoms with Crippen LogP contribution in [-0.4, -0.2) is 10.5 Å². The molecule has 0 aliphatic rings. The molecule has 0 aromatic heterocycles. The second-order valence-corrected chi connectivity index (χ2v) is 3.65. The summed E-state index contributed by atoms with van der Waals surface area (Å²) in [6, 6.07) is 14.7. The van der Waals surface area contributed by atoms with Crippen LogP contribution in [0.3, 0.4) is 0 Å². The van der Waals surface area contributed by atoms with Gasteiger partial charge in [-0.2, -0.15) is 0 Å². The molecule has 0 heterocycles. The van der Waals surface area contributed by atoms with E-state index >= 15 is 0 Å². The molecule has 2 aromatic carbocycles. The van der Waals surface area contributed by atoms with Crippen molar-refractivity contribution in [1.82, 2.24) is 0 Å². The van der Waals surface area contributed by atoms with Crippen LogP contribution in [-0.2, 0) is 11.0 Å². The van der Waals surface area contributed by atoms with Crippen LogP contribution in [0.25, 0.3) is 10.8 Å². The lowest BCUT2D eigenvalue weighted by Gasteiger charge is -2.04. The molecular formula is C11H12OSi. The molecule has 13 heavy (non-hydrogen) atoms. The smallest absolute Gasteiger partial charge is 0.146 e. The minimum Gasteiger partial charge on any atom is -0.424 e. The topological polar surface area (TPSA) is 9.23 Å². The Hall–Kier alpha value is -1.12. The summed E-state index contributed by atoms with van der Waals surface area (Å²) in [5, 5.41) is 2.60. The Balaban J connectivity index is 2.61. The van der Waals surface area contributed by atoms with Crippen molar-refractivity contribution in [2.24, 2.45) is 0 Å². The Morgan fingerprint density at radius 3 is 2.62 bits per heavy atom. The lowest BCUT2D eigenvalue weighted by Crippen LogP contribution is -1.89. The molecule has 0 aliphatic heterocycles. The van der Waals surface area contributed by atoms with Gasteiger partial charge in [0.1, 0.15) is 10.5 Å². The van der Waals surface area contributed by atoms with Crippen molar-refractivity contribution in [3.05, 3.63) is 48.0 Å². The predicted octanol–water partition coefficient (Wildman–Crippen LogP) is 1.64. The van der Waals surface area contributed by atoms with Crippen LogP contribution >= 0.6 is 0 Å². The molecule has 0 spiro atoms. The second kappa shape index (κ2) is 3.73. The van der Waals surface area contributed by atoms with Crippen LogP contribution in [0.1, 0.15) is 5.56 Å². The second-order valence-electron chi connectivity index (χ2n) is 3.07. The van der Waals surface area contributed by atoms with Crippen LogP contribution in [0, 0.1) is 0 Å². The van der Waals surface area contributed by atoms with Gasteiger partial charge >= 0.3 is 0 Å². The van der Waals surface area contributed by atoms with Crippen molar-refractivity contribution in [3.8, 4) is 0 Å². The standard InChI is InChI=1S/C11H12OSi/c13-12-8-10-6-3-5-9-4-1-2-7-11(9)10/h1-7H,8H2,13H3. The van der Waals surface area contributed by atoms with Gasteiger partial charge in [0.25, 0.3) is 0 Å². The van der Waals surface area contributed by atoms with E-state index < -0.39 is 0 Å². The van der Waals surface area contributed by atoms with Crippen molar-refractivity contribution >= 4 is 21.3 Å². The van der Waals surface area contributed by atoms with Crippen LogP contribution < -0.4 is 0 Å². The quantitative estimate of drug-likeness (QED) is 0.651. The maximum absolute atomic E-state index is 5.27. The molecule has 0 N–H and O–H groups in total. The van der Waals surface area contributed by atoms with Crippen LogP contribution in [0.4, 0.5) is 0 Å². The molecular weight excluding hydrogens is 176 g/mol. The highest BCUT2D eigenvalue weighted by molar-refractivity contribution is 5.98. The van der Waals surface area contributed by atoms with Gasteiger partial charge in [-0.1, -0.05) is 42.5 Å². The van der Waals surface area contributed by atoms with Crippen molar-refractivity contribution in [2.45, 2.75) is 6.61 Å². The van der Waals surface area contributed by atoms with Crippen LogP contribution in [0.15, 0.2) is 42.5 Å². The van der Waals surface area contributed by atoms with Gasteiger partial charge < -0.3 is 4.43 Å². The normalized spacial score (nSPS) is 10.8. The Morgan fingerprint density at radius 1 is 1.00 bits per heavy atom. The Kier molecular flexibility index (Phi) is 2.43. The Morgan fingerprint density at radius 2 is 1.77 bits per heavy atom. The van der Waals surface area contributed by atoms with Crippen molar-refractivity contribution < 1.29 is 4.43 Å². The minimum atomic E-state index is 0.744. The lowest BCUT2D eigenvalue weighted by atomic mass is 10.1. The number of rotatable bonds is 2. The highest BCUT2D eigenvalue weighted by atomic mass is 28.2. The Labute approximate surface area is 80.9 Å². The van der Waals surface area contributed by atoms with Gasteiger partial charge in [-0.15, -0.1) is 0 Å². The molecule has 0 saturated carbocycles. The maximum atomic E-state index is 5.27. The maximum Gasteiger partial charge on any atom is 0.146 e. The van der Waals surface area contributed by atoms with Gasteiger partial charge in [0.15, 0.2) is 0 Å². The third kappa shape index (κ3) is 1.64. The summed E-state index contributed by atoms with van der Waals surface area (Å²) in [6.07, 6.45) is 0. The number of benzene rings is 2. The lowest BCUT2D eigenvalue weighted by molar-refractivity contribution is 0.340. The zero-order chi connectivity index (χ0) is 9.10. The number of fused-ring (bicyclic) bond motifs is 1. The predicted molar refractivity (Wildman–Crippen MR) is 58.7 cm³/mol. The highest BCUT2D eigenvalue weighted by Gasteiger charge is 1.97. The van der Waals surface area contributed by atoms with E-state index in [9.17, 15) is 0 Å². The van der Waals surface area contributed by atoms with Crippen molar-refractivity contribution in [2.75, 3.05) is 0 Å². The van der Waals surface area contributed by atoms with E-state index in [2.05, 4.69) is 42.5 Å². The average Bonchev–Trinajstić information content (AvgIpc) is 2.19. The van der Waals surface area contributed by atoms with Crippen molar-refractivity contribution in [3.63, 3.8) is 0 Å². The van der Waals surface area contributed by atoms with Crippen LogP contribution in [0.5, 0.6) is 0 Å². The number of hydrogen-bond donors (Lipinski definition) is 0. The van der Waals surface area contributed by atoms with E-state index in [-0.39, 0.29) is 0 Å². The van der Waals surface area contributed by atoms with Crippen LogP contribution in [0.2, 0.25) is 0 Å². The zero-order valence-corrected chi connectivity index (χ0v) is 9.66. The molecule has 0 unspecified atom stereocenters. The first-order chi connectivity index (χ1) is 6.42. The summed E-state index contributed by atoms with van der Waals surface area (Å²) in [4.78, 5) is 0. The van der Waals surface area contributed by atoms with E-state index in [4.69, 9.17) is 4.43 Å². The first-order valence-electron chi connectivity index (χ1n) is 4.37. The summed E-state index contributed by atoms with van der Waals surface area (Å²) in [6.45, 7) is 0.744. The molecule has 2 heteroatoms. The highest BCUT2D eigenvalue weighted by Crippen LogP contribution is 2.18. The summed E-state index contributed by atoms with van der Waals surface area (Å²) < 4.78 is 5.27. The summed E-state index contributed by atoms with van der Waals surface area (Å²) in [7, 11) is 0.800. The van der Waals surface area contributed by atoms with E-state index in [1.54, 1.807) is 0 Å². The van der Waals surface area contributed by atoms with E-state index in [1.807, 2.05) is 0 Å². The van der Waals surface area contributed by atoms with Gasteiger partial charge in [0, 0.05) is 0 Å². The van der Waals surface area contributed by atoms with E-state index in [0.29, 0.717) is 0 Å². The first kappa shape index (κ1) is 8.47. The molecule has 0 amide bonds. The fourth-order valence-corrected chi connectivity index (χ4v) is 1.88. The molecule has 2 rings (SSSR count). The van der Waals surface area contributed by atoms with Gasteiger partial charge in [0.05, 0.1) is 6.61 Å². The molecule has 0 atom stereocenters. The molecule has 0 aliphatic carbocycles. The summed E-state index contributed by atoms with van der Waals surface area (Å²) in [5.74, 6) is 0. The molecule has 2 aromatic rings. The van der Waals surface area contributed by atoms with Crippen molar-refractivity contribution in [1.29, 1.82) is 0 Å². The molecule has 0 radical (unpaired) electrons. The molecule has 66 valence electrons. The van der Waals surface area contributed by atoms with E-state index in [0.717, 1.165) is 17.1 Å². The SMILES string of the molecule is [SiH3]OCc1cccc2ccccc12. The average molecular weight is 188 g/mol. The van der Waals surface area contributed by atoms with E-state index in [1.165, 1.54) is 16.3 Å². The molecule has 0 fully saturated rings. The van der Waals surface area contributed by atoms with Gasteiger partial charge in [0.2, 0.25) is 0 Å². The minimum absolute atomic E-state index is 0.744. The fraction of sp³-hybridized carbons (Fsp3) is 0.0909. The third-order valence-electron chi connectivity index (χ3n) is 2.18. The molecule has 1 nitrogen and oxygen atoms in total. The third-order valence-corrected chi connectivity index (χ3v) is 2.47. The molecule has 0 bridgehead atoms. The van der Waals surface area contributed by atoms with Gasteiger partial charge in [-0.25, -0.2) is 0 Å². The largest absolute Gasteiger partial charge is 0.424 e. The first-order valence-corrected chi connectivity index (χ1v) is 5.19. The Bertz CT molecular complexity index is 406. The summed E-state index contributed by atoms with van der Waals surface area (Å²) in [5.41, 5.74) is 1.29. The zero-order valence-electron chi connectivity index (χ0n) is 7.66. The molecule has 0 saturated heterocycles. The van der Waals surface area contributed by atoms with Gasteiger partial charge in [-0.3, -0.25) is 0 Å².